The summed E-state index contributed by atoms with van der Waals surface area (Å²) in [6, 6.07) is 22.7. The molecule has 2 unspecified atom stereocenters. The van der Waals surface area contributed by atoms with Crippen molar-refractivity contribution in [2.24, 2.45) is 0 Å². The first-order valence-corrected chi connectivity index (χ1v) is 12.2. The molecule has 0 spiro atoms. The normalized spacial score (nSPS) is 17.2. The van der Waals surface area contributed by atoms with Crippen molar-refractivity contribution in [1.82, 2.24) is 19.8 Å². The summed E-state index contributed by atoms with van der Waals surface area (Å²) >= 11 is 12.0. The fraction of sp³-hybridized carbons (Fsp3) is 0.148. The number of nitrogens with zero attached hydrogens (tertiary/aromatic N) is 3. The lowest BCUT2D eigenvalue weighted by molar-refractivity contribution is -0.116. The molecule has 2 atom stereocenters. The van der Waals surface area contributed by atoms with Gasteiger partial charge in [-0.25, -0.2) is 4.39 Å². The number of carbonyl (C=O) groups excluding carboxylic acids is 1. The number of aromatic nitrogens is 2. The molecule has 0 saturated carbocycles. The van der Waals surface area contributed by atoms with Gasteiger partial charge in [-0.15, -0.1) is 0 Å². The Balaban J connectivity index is 1.44. The first-order chi connectivity index (χ1) is 17.5. The lowest BCUT2D eigenvalue weighted by Crippen LogP contribution is -2.33. The fourth-order valence-corrected chi connectivity index (χ4v) is 4.96. The van der Waals surface area contributed by atoms with E-state index in [1.807, 2.05) is 65.7 Å². The van der Waals surface area contributed by atoms with Gasteiger partial charge < -0.3 is 20.1 Å². The zero-order valence-electron chi connectivity index (χ0n) is 19.1. The van der Waals surface area contributed by atoms with E-state index in [0.29, 0.717) is 22.4 Å². The highest BCUT2D eigenvalue weighted by molar-refractivity contribution is 7.80. The molecule has 2 N–H and O–H groups in total. The Morgan fingerprint density at radius 3 is 2.67 bits per heavy atom. The lowest BCUT2D eigenvalue weighted by atomic mass is 10.0. The second-order valence-electron chi connectivity index (χ2n) is 8.41. The van der Waals surface area contributed by atoms with Gasteiger partial charge in [-0.3, -0.25) is 9.78 Å². The van der Waals surface area contributed by atoms with E-state index in [1.54, 1.807) is 6.20 Å². The van der Waals surface area contributed by atoms with E-state index in [-0.39, 0.29) is 30.2 Å². The van der Waals surface area contributed by atoms with Crippen LogP contribution in [0.4, 0.5) is 10.1 Å². The van der Waals surface area contributed by atoms with Crippen LogP contribution in [0.2, 0.25) is 5.02 Å². The van der Waals surface area contributed by atoms with Crippen molar-refractivity contribution in [1.29, 1.82) is 0 Å². The van der Waals surface area contributed by atoms with Crippen molar-refractivity contribution in [3.05, 3.63) is 113 Å². The van der Waals surface area contributed by atoms with E-state index in [4.69, 9.17) is 23.8 Å². The minimum Gasteiger partial charge on any atom is -0.352 e. The number of hydrogen-bond donors (Lipinski definition) is 2. The number of nitrogens with one attached hydrogen (secondary N) is 2. The maximum Gasteiger partial charge on any atom is 0.226 e. The van der Waals surface area contributed by atoms with E-state index >= 15 is 0 Å². The molecule has 9 heteroatoms. The summed E-state index contributed by atoms with van der Waals surface area (Å²) in [5.74, 6) is -0.540. The highest BCUT2D eigenvalue weighted by atomic mass is 35.5. The number of hydrogen-bond acceptors (Lipinski definition) is 3. The molecule has 1 fully saturated rings. The van der Waals surface area contributed by atoms with Crippen LogP contribution < -0.4 is 10.6 Å². The predicted molar refractivity (Wildman–Crippen MR) is 143 cm³/mol. The predicted octanol–water partition coefficient (Wildman–Crippen LogP) is 5.67. The molecule has 4 aromatic rings. The summed E-state index contributed by atoms with van der Waals surface area (Å²) in [6.07, 6.45) is 3.94. The van der Waals surface area contributed by atoms with Gasteiger partial charge in [0.05, 0.1) is 17.8 Å². The fourth-order valence-electron chi connectivity index (χ4n) is 4.44. The first kappa shape index (κ1) is 24.0. The Bertz CT molecular complexity index is 1380. The van der Waals surface area contributed by atoms with Crippen LogP contribution in [0.5, 0.6) is 0 Å². The van der Waals surface area contributed by atoms with Gasteiger partial charge in [0.15, 0.2) is 5.11 Å². The van der Waals surface area contributed by atoms with Crippen molar-refractivity contribution in [2.45, 2.75) is 18.5 Å². The molecule has 2 aromatic carbocycles. The van der Waals surface area contributed by atoms with E-state index in [9.17, 15) is 9.18 Å². The van der Waals surface area contributed by atoms with Crippen molar-refractivity contribution in [2.75, 3.05) is 11.9 Å². The molecular weight excluding hydrogens is 497 g/mol. The van der Waals surface area contributed by atoms with Crippen molar-refractivity contribution >= 4 is 40.5 Å². The molecule has 1 aliphatic rings. The summed E-state index contributed by atoms with van der Waals surface area (Å²) in [5, 5.41) is 7.41. The molecule has 1 amide bonds. The van der Waals surface area contributed by atoms with Gasteiger partial charge in [0.1, 0.15) is 5.82 Å². The van der Waals surface area contributed by atoms with Gasteiger partial charge in [-0.2, -0.15) is 0 Å². The van der Waals surface area contributed by atoms with Gasteiger partial charge in [-0.05, 0) is 78.9 Å². The number of pyridine rings is 1. The third kappa shape index (κ3) is 5.10. The standard InChI is InChI=1S/C27H23ClFN5OS/c28-18-5-3-6-21(17-18)33-15-4-8-23(33)26-25(22-7-1-2-14-30-22)32-27(36)34(26)16-13-24(35)31-20-11-9-19(29)10-12-20/h1-12,14-15,17,25-26H,13,16H2,(H,31,35)(H,32,36). The van der Waals surface area contributed by atoms with Crippen molar-refractivity contribution in [3.63, 3.8) is 0 Å². The SMILES string of the molecule is O=C(CCN1C(=S)NC(c2ccccn2)C1c1cccn1-c1cccc(Cl)c1)Nc1ccc(F)cc1. The highest BCUT2D eigenvalue weighted by Gasteiger charge is 2.41. The van der Waals surface area contributed by atoms with Crippen LogP contribution in [0.3, 0.4) is 0 Å². The number of benzene rings is 2. The van der Waals surface area contributed by atoms with E-state index in [1.165, 1.54) is 24.3 Å². The zero-order chi connectivity index (χ0) is 25.1. The molecular formula is C27H23ClFN5OS. The average molecular weight is 520 g/mol. The monoisotopic (exact) mass is 519 g/mol. The molecule has 6 nitrogen and oxygen atoms in total. The maximum atomic E-state index is 13.2. The summed E-state index contributed by atoms with van der Waals surface area (Å²) in [4.78, 5) is 19.3. The number of rotatable bonds is 7. The van der Waals surface area contributed by atoms with Crippen LogP contribution in [-0.4, -0.2) is 32.0 Å². The molecule has 2 aromatic heterocycles. The molecule has 1 aliphatic heterocycles. The Labute approximate surface area is 218 Å². The Hall–Kier alpha value is -3.75. The minimum absolute atomic E-state index is 0.185. The van der Waals surface area contributed by atoms with Crippen LogP contribution in [0.15, 0.2) is 91.3 Å². The van der Waals surface area contributed by atoms with E-state index in [0.717, 1.165) is 17.1 Å². The summed E-state index contributed by atoms with van der Waals surface area (Å²) < 4.78 is 15.3. The number of anilines is 1. The second kappa shape index (κ2) is 10.5. The third-order valence-corrected chi connectivity index (χ3v) is 6.66. The van der Waals surface area contributed by atoms with E-state index in [2.05, 4.69) is 20.2 Å². The number of amides is 1. The molecule has 3 heterocycles. The number of carbonyl (C=O) groups is 1. The molecule has 0 radical (unpaired) electrons. The molecule has 182 valence electrons. The Morgan fingerprint density at radius 2 is 1.92 bits per heavy atom. The van der Waals surface area contributed by atoms with Crippen LogP contribution in [0.25, 0.3) is 5.69 Å². The van der Waals surface area contributed by atoms with Gasteiger partial charge >= 0.3 is 0 Å². The minimum atomic E-state index is -0.354. The molecule has 0 bridgehead atoms. The highest BCUT2D eigenvalue weighted by Crippen LogP contribution is 2.39. The first-order valence-electron chi connectivity index (χ1n) is 11.5. The van der Waals surface area contributed by atoms with Crippen molar-refractivity contribution in [3.8, 4) is 5.69 Å². The van der Waals surface area contributed by atoms with Gasteiger partial charge in [-0.1, -0.05) is 23.7 Å². The maximum absolute atomic E-state index is 13.2. The van der Waals surface area contributed by atoms with E-state index < -0.39 is 0 Å². The smallest absolute Gasteiger partial charge is 0.226 e. The zero-order valence-corrected chi connectivity index (χ0v) is 20.7. The Kier molecular flexibility index (Phi) is 6.97. The van der Waals surface area contributed by atoms with Gasteiger partial charge in [0, 0.05) is 47.5 Å². The quantitative estimate of drug-likeness (QED) is 0.308. The summed E-state index contributed by atoms with van der Waals surface area (Å²) in [7, 11) is 0. The van der Waals surface area contributed by atoms with Crippen molar-refractivity contribution < 1.29 is 9.18 Å². The summed E-state index contributed by atoms with van der Waals surface area (Å²) in [6.45, 7) is 0.383. The molecule has 36 heavy (non-hydrogen) atoms. The largest absolute Gasteiger partial charge is 0.352 e. The number of halogens is 2. The van der Waals surface area contributed by atoms with Gasteiger partial charge in [0.25, 0.3) is 0 Å². The average Bonchev–Trinajstić information content (AvgIpc) is 3.49. The second-order valence-corrected chi connectivity index (χ2v) is 9.23. The van der Waals surface area contributed by atoms with Crippen LogP contribution >= 0.6 is 23.8 Å². The Morgan fingerprint density at radius 1 is 1.08 bits per heavy atom. The van der Waals surface area contributed by atoms with Crippen LogP contribution in [0.1, 0.15) is 29.9 Å². The van der Waals surface area contributed by atoms with Crippen LogP contribution in [-0.2, 0) is 4.79 Å². The summed E-state index contributed by atoms with van der Waals surface area (Å²) in [5.41, 5.74) is 3.30. The molecule has 5 rings (SSSR count). The molecule has 0 aliphatic carbocycles. The number of thiocarbonyl (C=S) groups is 1. The third-order valence-electron chi connectivity index (χ3n) is 6.08. The van der Waals surface area contributed by atoms with Gasteiger partial charge in [0.2, 0.25) is 5.91 Å². The lowest BCUT2D eigenvalue weighted by Gasteiger charge is -2.29. The van der Waals surface area contributed by atoms with Crippen LogP contribution in [0, 0.1) is 5.82 Å². The molecule has 1 saturated heterocycles. The topological polar surface area (TPSA) is 62.2 Å².